The van der Waals surface area contributed by atoms with Crippen molar-refractivity contribution in [2.24, 2.45) is 0 Å². The van der Waals surface area contributed by atoms with Crippen LogP contribution in [0, 0.1) is 11.3 Å². The van der Waals surface area contributed by atoms with Gasteiger partial charge >= 0.3 is 6.03 Å². The second-order valence-corrected chi connectivity index (χ2v) is 7.55. The lowest BCUT2D eigenvalue weighted by molar-refractivity contribution is 0.250. The molecule has 0 spiro atoms. The molecule has 0 radical (unpaired) electrons. The minimum atomic E-state index is -0.236. The Labute approximate surface area is 177 Å². The lowest BCUT2D eigenvalue weighted by atomic mass is 10.1. The Morgan fingerprint density at radius 3 is 2.53 bits per heavy atom. The number of aromatic nitrogens is 1. The van der Waals surface area contributed by atoms with Crippen molar-refractivity contribution in [3.8, 4) is 23.1 Å². The van der Waals surface area contributed by atoms with Gasteiger partial charge < -0.3 is 19.9 Å². The number of amides is 2. The molecule has 0 bridgehead atoms. The molecule has 0 saturated heterocycles. The van der Waals surface area contributed by atoms with E-state index in [2.05, 4.69) is 28.2 Å². The quantitative estimate of drug-likeness (QED) is 0.544. The summed E-state index contributed by atoms with van der Waals surface area (Å²) in [6.45, 7) is 6.79. The summed E-state index contributed by atoms with van der Waals surface area (Å²) in [5, 5.41) is 16.5. The van der Waals surface area contributed by atoms with Gasteiger partial charge in [0.25, 0.3) is 0 Å². The zero-order chi connectivity index (χ0) is 21.7. The third kappa shape index (κ3) is 4.41. The van der Waals surface area contributed by atoms with Crippen molar-refractivity contribution in [2.45, 2.75) is 46.2 Å². The van der Waals surface area contributed by atoms with E-state index in [0.29, 0.717) is 11.3 Å². The molecule has 0 atom stereocenters. The standard InChI is InChI=1S/C24H28N4O2/c1-5-6-13-28-22-14-19(30-4)11-12-20(22)21(15-25)23(28)17-7-9-18(10-8-17)27-24(29)26-16(2)3/h7-12,14,16H,5-6,13H2,1-4H3,(H2,26,27,29). The number of ether oxygens (including phenoxy) is 1. The normalized spacial score (nSPS) is 10.8. The van der Waals surface area contributed by atoms with Crippen LogP contribution in [-0.2, 0) is 6.54 Å². The van der Waals surface area contributed by atoms with Crippen LogP contribution in [-0.4, -0.2) is 23.7 Å². The van der Waals surface area contributed by atoms with Crippen LogP contribution < -0.4 is 15.4 Å². The molecule has 0 fully saturated rings. The van der Waals surface area contributed by atoms with E-state index in [1.165, 1.54) is 0 Å². The summed E-state index contributed by atoms with van der Waals surface area (Å²) < 4.78 is 7.61. The Balaban J connectivity index is 2.05. The molecule has 2 amide bonds. The smallest absolute Gasteiger partial charge is 0.319 e. The van der Waals surface area contributed by atoms with Crippen molar-refractivity contribution in [1.29, 1.82) is 5.26 Å². The van der Waals surface area contributed by atoms with Gasteiger partial charge in [-0.25, -0.2) is 4.79 Å². The van der Waals surface area contributed by atoms with E-state index in [-0.39, 0.29) is 12.1 Å². The fourth-order valence-corrected chi connectivity index (χ4v) is 3.56. The number of nitriles is 1. The average Bonchev–Trinajstić information content (AvgIpc) is 3.04. The van der Waals surface area contributed by atoms with E-state index in [0.717, 1.165) is 47.3 Å². The summed E-state index contributed by atoms with van der Waals surface area (Å²) in [6, 6.07) is 15.7. The van der Waals surface area contributed by atoms with Gasteiger partial charge in [0.15, 0.2) is 0 Å². The molecule has 0 aliphatic heterocycles. The molecule has 0 aliphatic carbocycles. The van der Waals surface area contributed by atoms with E-state index in [1.54, 1.807) is 7.11 Å². The Bertz CT molecular complexity index is 1080. The number of hydrogen-bond acceptors (Lipinski definition) is 3. The number of carbonyl (C=O) groups is 1. The van der Waals surface area contributed by atoms with Crippen LogP contribution in [0.25, 0.3) is 22.2 Å². The van der Waals surface area contributed by atoms with E-state index in [1.807, 2.05) is 56.3 Å². The summed E-state index contributed by atoms with van der Waals surface area (Å²) in [5.41, 5.74) is 4.18. The number of unbranched alkanes of at least 4 members (excludes halogenated alkanes) is 1. The summed E-state index contributed by atoms with van der Waals surface area (Å²) in [4.78, 5) is 11.9. The average molecular weight is 405 g/mol. The molecule has 3 aromatic rings. The van der Waals surface area contributed by atoms with Gasteiger partial charge in [0.2, 0.25) is 0 Å². The van der Waals surface area contributed by atoms with E-state index in [4.69, 9.17) is 4.74 Å². The Morgan fingerprint density at radius 2 is 1.93 bits per heavy atom. The molecular formula is C24H28N4O2. The number of urea groups is 1. The number of hydrogen-bond donors (Lipinski definition) is 2. The number of rotatable bonds is 7. The number of aryl methyl sites for hydroxylation is 1. The predicted molar refractivity (Wildman–Crippen MR) is 121 cm³/mol. The van der Waals surface area contributed by atoms with Crippen molar-refractivity contribution in [2.75, 3.05) is 12.4 Å². The van der Waals surface area contributed by atoms with Gasteiger partial charge in [-0.2, -0.15) is 5.26 Å². The number of anilines is 1. The van der Waals surface area contributed by atoms with E-state index >= 15 is 0 Å². The van der Waals surface area contributed by atoms with Gasteiger partial charge in [0, 0.05) is 29.7 Å². The zero-order valence-corrected chi connectivity index (χ0v) is 18.0. The number of benzene rings is 2. The fourth-order valence-electron chi connectivity index (χ4n) is 3.56. The van der Waals surface area contributed by atoms with Crippen LogP contribution in [0.1, 0.15) is 39.2 Å². The van der Waals surface area contributed by atoms with Crippen LogP contribution in [0.3, 0.4) is 0 Å². The first-order valence-corrected chi connectivity index (χ1v) is 10.3. The SMILES string of the molecule is CCCCn1c(-c2ccc(NC(=O)NC(C)C)cc2)c(C#N)c2ccc(OC)cc21. The van der Waals surface area contributed by atoms with Gasteiger partial charge in [-0.3, -0.25) is 0 Å². The molecule has 2 aromatic carbocycles. The maximum atomic E-state index is 11.9. The molecule has 30 heavy (non-hydrogen) atoms. The molecule has 0 unspecified atom stereocenters. The highest BCUT2D eigenvalue weighted by atomic mass is 16.5. The van der Waals surface area contributed by atoms with Crippen LogP contribution in [0.2, 0.25) is 0 Å². The number of nitrogens with one attached hydrogen (secondary N) is 2. The third-order valence-electron chi connectivity index (χ3n) is 4.95. The predicted octanol–water partition coefficient (Wildman–Crippen LogP) is 5.52. The van der Waals surface area contributed by atoms with Gasteiger partial charge in [-0.1, -0.05) is 25.5 Å². The molecule has 1 aromatic heterocycles. The molecule has 0 aliphatic rings. The minimum absolute atomic E-state index is 0.0636. The number of nitrogens with zero attached hydrogens (tertiary/aromatic N) is 2. The Kier molecular flexibility index (Phi) is 6.63. The Morgan fingerprint density at radius 1 is 1.20 bits per heavy atom. The lowest BCUT2D eigenvalue weighted by Gasteiger charge is -2.13. The second kappa shape index (κ2) is 9.36. The van der Waals surface area contributed by atoms with Gasteiger partial charge in [-0.05, 0) is 50.1 Å². The topological polar surface area (TPSA) is 79.1 Å². The summed E-state index contributed by atoms with van der Waals surface area (Å²) in [7, 11) is 1.65. The third-order valence-corrected chi connectivity index (χ3v) is 4.95. The summed E-state index contributed by atoms with van der Waals surface area (Å²) in [6.07, 6.45) is 2.06. The molecule has 3 rings (SSSR count). The van der Waals surface area contributed by atoms with Crippen LogP contribution >= 0.6 is 0 Å². The minimum Gasteiger partial charge on any atom is -0.497 e. The van der Waals surface area contributed by atoms with Crippen molar-refractivity contribution < 1.29 is 9.53 Å². The maximum Gasteiger partial charge on any atom is 0.319 e. The van der Waals surface area contributed by atoms with E-state index in [9.17, 15) is 10.1 Å². The number of carbonyl (C=O) groups excluding carboxylic acids is 1. The lowest BCUT2D eigenvalue weighted by Crippen LogP contribution is -2.34. The zero-order valence-electron chi connectivity index (χ0n) is 18.0. The van der Waals surface area contributed by atoms with Gasteiger partial charge in [0.1, 0.15) is 11.8 Å². The molecule has 6 nitrogen and oxygen atoms in total. The first-order chi connectivity index (χ1) is 14.5. The van der Waals surface area contributed by atoms with Crippen molar-refractivity contribution in [1.82, 2.24) is 9.88 Å². The Hall–Kier alpha value is -3.46. The van der Waals surface area contributed by atoms with Crippen molar-refractivity contribution in [3.05, 3.63) is 48.0 Å². The number of methoxy groups -OCH3 is 1. The largest absolute Gasteiger partial charge is 0.497 e. The molecule has 2 N–H and O–H groups in total. The first kappa shape index (κ1) is 21.3. The molecule has 6 heteroatoms. The van der Waals surface area contributed by atoms with Crippen LogP contribution in [0.15, 0.2) is 42.5 Å². The van der Waals surface area contributed by atoms with Gasteiger partial charge in [0.05, 0.1) is 23.9 Å². The molecule has 0 saturated carbocycles. The van der Waals surface area contributed by atoms with Crippen molar-refractivity contribution in [3.63, 3.8) is 0 Å². The molecular weight excluding hydrogens is 376 g/mol. The molecule has 1 heterocycles. The highest BCUT2D eigenvalue weighted by Gasteiger charge is 2.19. The maximum absolute atomic E-state index is 11.9. The first-order valence-electron chi connectivity index (χ1n) is 10.3. The number of fused-ring (bicyclic) bond motifs is 1. The second-order valence-electron chi connectivity index (χ2n) is 7.55. The van der Waals surface area contributed by atoms with Crippen LogP contribution in [0.4, 0.5) is 10.5 Å². The van der Waals surface area contributed by atoms with Crippen molar-refractivity contribution >= 4 is 22.6 Å². The summed E-state index contributed by atoms with van der Waals surface area (Å²) >= 11 is 0. The highest BCUT2D eigenvalue weighted by molar-refractivity contribution is 5.96. The molecule has 156 valence electrons. The fraction of sp³-hybridized carbons (Fsp3) is 0.333. The van der Waals surface area contributed by atoms with Gasteiger partial charge in [-0.15, -0.1) is 0 Å². The van der Waals surface area contributed by atoms with E-state index < -0.39 is 0 Å². The van der Waals surface area contributed by atoms with Crippen LogP contribution in [0.5, 0.6) is 5.75 Å². The monoisotopic (exact) mass is 404 g/mol. The highest BCUT2D eigenvalue weighted by Crippen LogP contribution is 2.36. The summed E-state index contributed by atoms with van der Waals surface area (Å²) in [5.74, 6) is 0.768.